The van der Waals surface area contributed by atoms with E-state index in [9.17, 15) is 19.3 Å². The molecule has 2 aromatic carbocycles. The van der Waals surface area contributed by atoms with Gasteiger partial charge in [0.1, 0.15) is 6.16 Å². The number of carbonyl (C=O) groups excluding carboxylic acids is 1. The molecule has 1 heterocycles. The molecule has 0 radical (unpaired) electrons. The van der Waals surface area contributed by atoms with Gasteiger partial charge in [0.25, 0.3) is 0 Å². The number of ether oxygens (including phenoxy) is 1. The van der Waals surface area contributed by atoms with Gasteiger partial charge in [0.15, 0.2) is 0 Å². The van der Waals surface area contributed by atoms with Crippen molar-refractivity contribution in [2.75, 3.05) is 12.3 Å². The van der Waals surface area contributed by atoms with Crippen LogP contribution in [0.25, 0.3) is 10.9 Å². The summed E-state index contributed by atoms with van der Waals surface area (Å²) < 4.78 is 23.8. The summed E-state index contributed by atoms with van der Waals surface area (Å²) in [5.74, 6) is 0.537. The molecule has 2 N–H and O–H groups in total. The Kier molecular flexibility index (Phi) is 14.0. The Morgan fingerprint density at radius 1 is 1.02 bits per heavy atom. The number of hydrogen-bond donors (Lipinski definition) is 2. The first-order valence-electron chi connectivity index (χ1n) is 17.4. The molecule has 8 nitrogen and oxygen atoms in total. The van der Waals surface area contributed by atoms with Crippen LogP contribution in [-0.4, -0.2) is 45.7 Å². The fourth-order valence-electron chi connectivity index (χ4n) is 7.19. The second-order valence-corrected chi connectivity index (χ2v) is 16.2. The van der Waals surface area contributed by atoms with Gasteiger partial charge < -0.3 is 14.9 Å². The van der Waals surface area contributed by atoms with Gasteiger partial charge in [0.05, 0.1) is 11.6 Å². The molecular formula is C39H52NO7P. The van der Waals surface area contributed by atoms with Crippen molar-refractivity contribution in [3.05, 3.63) is 90.6 Å². The number of esters is 1. The van der Waals surface area contributed by atoms with Crippen molar-refractivity contribution >= 4 is 30.2 Å². The minimum atomic E-state index is -3.45. The van der Waals surface area contributed by atoms with Gasteiger partial charge in [0.2, 0.25) is 13.7 Å². The standard InChI is InChI=1S/C20H23NO.C19H29O6P/c1-2-13-11-15-8-7-14(13)12-18(15)20(22)17-9-10-21-19-6-4-3-5-16(17)19;1-4-18(22)24-19(15(2)3)25-26(23,14-17(20)21)13-9-8-12-16-10-6-5-7-11-16/h2-6,9-10,13-15,18,20,22H,1,7-8,11-12H2;5-7,10-11,15,19H,4,8-9,12-14H2,1-3H3,(H,20,21)/t13?,14-,15?,18+,20+;19-,26?/m11/s1. The number of carboxylic acid groups (broad SMARTS) is 1. The van der Waals surface area contributed by atoms with Crippen molar-refractivity contribution in [2.24, 2.45) is 29.6 Å². The molecule has 0 aliphatic heterocycles. The van der Waals surface area contributed by atoms with Crippen LogP contribution in [0.2, 0.25) is 0 Å². The molecule has 6 rings (SSSR count). The van der Waals surface area contributed by atoms with Crippen molar-refractivity contribution in [1.29, 1.82) is 0 Å². The lowest BCUT2D eigenvalue weighted by atomic mass is 9.58. The first-order chi connectivity index (χ1) is 23.0. The lowest BCUT2D eigenvalue weighted by Gasteiger charge is -2.48. The zero-order valence-corrected chi connectivity index (χ0v) is 29.5. The van der Waals surface area contributed by atoms with Gasteiger partial charge in [-0.25, -0.2) is 0 Å². The molecule has 1 aromatic heterocycles. The number of pyridine rings is 1. The SMILES string of the molecule is C=CC1CC2CC[C@@H]1C[C@@H]2[C@@H](O)c1ccnc2ccccc12.CCC(=O)O[C@H](OP(=O)(CCCCc1ccccc1)CC(=O)O)C(C)C. The number of carbonyl (C=O) groups is 2. The number of fused-ring (bicyclic) bond motifs is 4. The van der Waals surface area contributed by atoms with E-state index in [-0.39, 0.29) is 24.6 Å². The highest BCUT2D eigenvalue weighted by molar-refractivity contribution is 7.59. The Bertz CT molecular complexity index is 1540. The fourth-order valence-corrected chi connectivity index (χ4v) is 9.31. The summed E-state index contributed by atoms with van der Waals surface area (Å²) in [5.41, 5.74) is 3.21. The molecule has 48 heavy (non-hydrogen) atoms. The maximum Gasteiger partial charge on any atom is 0.313 e. The van der Waals surface area contributed by atoms with Crippen LogP contribution in [0.4, 0.5) is 0 Å². The second kappa shape index (κ2) is 17.9. The van der Waals surface area contributed by atoms with Crippen molar-refractivity contribution in [1.82, 2.24) is 4.98 Å². The number of para-hydroxylation sites is 1. The largest absolute Gasteiger partial charge is 0.481 e. The maximum absolute atomic E-state index is 13.0. The summed E-state index contributed by atoms with van der Waals surface area (Å²) in [4.78, 5) is 27.1. The zero-order chi connectivity index (χ0) is 34.7. The zero-order valence-electron chi connectivity index (χ0n) is 28.6. The highest BCUT2D eigenvalue weighted by Gasteiger charge is 2.43. The van der Waals surface area contributed by atoms with Gasteiger partial charge in [-0.1, -0.05) is 75.4 Å². The van der Waals surface area contributed by atoms with Crippen LogP contribution in [0.15, 0.2) is 79.5 Å². The Hall–Kier alpha value is -3.32. The molecule has 3 aliphatic carbocycles. The lowest BCUT2D eigenvalue weighted by Crippen LogP contribution is -2.39. The van der Waals surface area contributed by atoms with E-state index in [1.807, 2.05) is 60.8 Å². The predicted octanol–water partition coefficient (Wildman–Crippen LogP) is 8.83. The predicted molar refractivity (Wildman–Crippen MR) is 190 cm³/mol. The van der Waals surface area contributed by atoms with E-state index < -0.39 is 31.8 Å². The van der Waals surface area contributed by atoms with E-state index in [2.05, 4.69) is 23.7 Å². The van der Waals surface area contributed by atoms with Crippen LogP contribution >= 0.6 is 7.37 Å². The number of nitrogens with zero attached hydrogens (tertiary/aromatic N) is 1. The number of aliphatic hydroxyl groups excluding tert-OH is 1. The molecule has 260 valence electrons. The average Bonchev–Trinajstić information content (AvgIpc) is 3.09. The van der Waals surface area contributed by atoms with Gasteiger partial charge in [-0.15, -0.1) is 6.58 Å². The number of benzene rings is 2. The molecule has 0 amide bonds. The number of hydrogen-bond acceptors (Lipinski definition) is 7. The van der Waals surface area contributed by atoms with Gasteiger partial charge in [-0.3, -0.25) is 23.7 Å². The number of aromatic nitrogens is 1. The summed E-state index contributed by atoms with van der Waals surface area (Å²) in [5, 5.41) is 21.3. The molecule has 3 aromatic rings. The molecule has 0 spiro atoms. The molecule has 9 heteroatoms. The van der Waals surface area contributed by atoms with E-state index >= 15 is 0 Å². The third-order valence-electron chi connectivity index (χ3n) is 9.79. The Balaban J connectivity index is 0.000000219. The lowest BCUT2D eigenvalue weighted by molar-refractivity contribution is -0.169. The summed E-state index contributed by atoms with van der Waals surface area (Å²) in [7, 11) is -3.45. The number of aliphatic carboxylic acids is 1. The van der Waals surface area contributed by atoms with Crippen LogP contribution in [0, 0.1) is 29.6 Å². The summed E-state index contributed by atoms with van der Waals surface area (Å²) in [6, 6.07) is 20.0. The number of carboxylic acids is 1. The number of rotatable bonds is 15. The van der Waals surface area contributed by atoms with Crippen LogP contribution in [0.5, 0.6) is 0 Å². The summed E-state index contributed by atoms with van der Waals surface area (Å²) in [6.45, 7) is 9.20. The third kappa shape index (κ3) is 10.3. The Morgan fingerprint density at radius 3 is 2.38 bits per heavy atom. The maximum atomic E-state index is 13.0. The van der Waals surface area contributed by atoms with E-state index in [1.165, 1.54) is 24.8 Å². The fraction of sp³-hybridized carbons (Fsp3) is 0.513. The van der Waals surface area contributed by atoms with E-state index in [0.717, 1.165) is 41.6 Å². The quantitative estimate of drug-likeness (QED) is 0.0538. The second-order valence-electron chi connectivity index (χ2n) is 13.6. The molecule has 3 saturated carbocycles. The molecular weight excluding hydrogens is 625 g/mol. The average molecular weight is 678 g/mol. The third-order valence-corrected chi connectivity index (χ3v) is 12.1. The normalized spacial score (nSPS) is 22.6. The number of allylic oxidation sites excluding steroid dienone is 1. The molecule has 3 fully saturated rings. The highest BCUT2D eigenvalue weighted by atomic mass is 31.2. The van der Waals surface area contributed by atoms with Crippen molar-refractivity contribution < 1.29 is 33.6 Å². The molecule has 3 aliphatic rings. The minimum Gasteiger partial charge on any atom is -0.481 e. The van der Waals surface area contributed by atoms with Crippen molar-refractivity contribution in [3.8, 4) is 0 Å². The summed E-state index contributed by atoms with van der Waals surface area (Å²) >= 11 is 0. The van der Waals surface area contributed by atoms with Crippen molar-refractivity contribution in [2.45, 2.75) is 84.5 Å². The molecule has 2 bridgehead atoms. The monoisotopic (exact) mass is 677 g/mol. The van der Waals surface area contributed by atoms with Gasteiger partial charge in [-0.05, 0) is 91.9 Å². The van der Waals surface area contributed by atoms with E-state index in [4.69, 9.17) is 14.4 Å². The first-order valence-corrected chi connectivity index (χ1v) is 19.4. The number of aliphatic hydroxyl groups is 1. The topological polar surface area (TPSA) is 123 Å². The smallest absolute Gasteiger partial charge is 0.313 e. The van der Waals surface area contributed by atoms with Crippen molar-refractivity contribution in [3.63, 3.8) is 0 Å². The molecule has 3 unspecified atom stereocenters. The number of unbranched alkanes of at least 4 members (excludes halogenated alkanes) is 1. The Labute approximate surface area is 285 Å². The summed E-state index contributed by atoms with van der Waals surface area (Å²) in [6.07, 6.45) is 9.45. The van der Waals surface area contributed by atoms with Crippen LogP contribution in [-0.2, 0) is 29.8 Å². The van der Waals surface area contributed by atoms with Gasteiger partial charge in [-0.2, -0.15) is 0 Å². The minimum absolute atomic E-state index is 0.152. The molecule has 7 atom stereocenters. The van der Waals surface area contributed by atoms with E-state index in [1.54, 1.807) is 20.8 Å². The van der Waals surface area contributed by atoms with E-state index in [0.29, 0.717) is 24.2 Å². The Morgan fingerprint density at radius 2 is 1.73 bits per heavy atom. The highest BCUT2D eigenvalue weighted by Crippen LogP contribution is 2.53. The molecule has 0 saturated heterocycles. The van der Waals surface area contributed by atoms with Crippen LogP contribution in [0.1, 0.15) is 82.9 Å². The van der Waals surface area contributed by atoms with Crippen LogP contribution < -0.4 is 0 Å². The first kappa shape index (κ1) is 37.5. The van der Waals surface area contributed by atoms with Crippen LogP contribution in [0.3, 0.4) is 0 Å². The van der Waals surface area contributed by atoms with Gasteiger partial charge in [0, 0.05) is 30.1 Å². The van der Waals surface area contributed by atoms with Gasteiger partial charge >= 0.3 is 11.9 Å². The number of aryl methyl sites for hydroxylation is 1.